The van der Waals surface area contributed by atoms with Crippen molar-refractivity contribution in [1.29, 1.82) is 0 Å². The van der Waals surface area contributed by atoms with Crippen LogP contribution in [0.5, 0.6) is 0 Å². The predicted octanol–water partition coefficient (Wildman–Crippen LogP) is 2.45. The van der Waals surface area contributed by atoms with E-state index in [9.17, 15) is 8.42 Å². The van der Waals surface area contributed by atoms with E-state index in [1.54, 1.807) is 25.1 Å². The van der Waals surface area contributed by atoms with Gasteiger partial charge >= 0.3 is 0 Å². The van der Waals surface area contributed by atoms with Crippen molar-refractivity contribution >= 4 is 26.0 Å². The van der Waals surface area contributed by atoms with Crippen LogP contribution in [0.3, 0.4) is 0 Å². The third-order valence-electron chi connectivity index (χ3n) is 2.98. The fraction of sp³-hybridized carbons (Fsp3) is 0.500. The first kappa shape index (κ1) is 13.1. The third kappa shape index (κ3) is 3.30. The van der Waals surface area contributed by atoms with Crippen molar-refractivity contribution in [3.8, 4) is 0 Å². The Bertz CT molecular complexity index is 497. The molecule has 0 bridgehead atoms. The van der Waals surface area contributed by atoms with Gasteiger partial charge in [-0.15, -0.1) is 0 Å². The number of aryl methyl sites for hydroxylation is 1. The highest BCUT2D eigenvalue weighted by atomic mass is 79.9. The summed E-state index contributed by atoms with van der Waals surface area (Å²) in [5.74, 6) is 0.634. The molecule has 1 saturated carbocycles. The lowest BCUT2D eigenvalue weighted by molar-refractivity contribution is 0.577. The van der Waals surface area contributed by atoms with E-state index in [2.05, 4.69) is 20.7 Å². The van der Waals surface area contributed by atoms with E-state index in [1.165, 1.54) is 12.8 Å². The molecule has 5 heteroatoms. The minimum atomic E-state index is -3.37. The van der Waals surface area contributed by atoms with Crippen LogP contribution in [0, 0.1) is 12.8 Å². The molecule has 2 rings (SSSR count). The standard InChI is InChI=1S/C12H16BrNO2S/c1-9-4-2-3-5-12(9)17(15,16)14-8-11(13)10-6-7-10/h2-5,10-11,14H,6-8H2,1H3. The van der Waals surface area contributed by atoms with Crippen molar-refractivity contribution in [3.05, 3.63) is 29.8 Å². The number of halogens is 1. The number of hydrogen-bond donors (Lipinski definition) is 1. The van der Waals surface area contributed by atoms with Crippen LogP contribution < -0.4 is 4.72 Å². The van der Waals surface area contributed by atoms with Gasteiger partial charge in [-0.25, -0.2) is 13.1 Å². The molecule has 0 heterocycles. The number of nitrogens with one attached hydrogen (secondary N) is 1. The Labute approximate surface area is 111 Å². The van der Waals surface area contributed by atoms with Crippen molar-refractivity contribution in [2.75, 3.05) is 6.54 Å². The van der Waals surface area contributed by atoms with Crippen LogP contribution in [-0.4, -0.2) is 19.8 Å². The minimum absolute atomic E-state index is 0.251. The summed E-state index contributed by atoms with van der Waals surface area (Å²) in [7, 11) is -3.37. The van der Waals surface area contributed by atoms with Crippen LogP contribution in [-0.2, 0) is 10.0 Å². The van der Waals surface area contributed by atoms with Crippen LogP contribution >= 0.6 is 15.9 Å². The average molecular weight is 318 g/mol. The highest BCUT2D eigenvalue weighted by Gasteiger charge is 2.30. The van der Waals surface area contributed by atoms with Crippen LogP contribution in [0.4, 0.5) is 0 Å². The van der Waals surface area contributed by atoms with Gasteiger partial charge in [0.25, 0.3) is 0 Å². The van der Waals surface area contributed by atoms with Crippen molar-refractivity contribution in [1.82, 2.24) is 4.72 Å². The van der Waals surface area contributed by atoms with Gasteiger partial charge in [-0.05, 0) is 37.3 Å². The van der Waals surface area contributed by atoms with Gasteiger partial charge in [0.05, 0.1) is 4.90 Å². The van der Waals surface area contributed by atoms with E-state index < -0.39 is 10.0 Å². The Morgan fingerprint density at radius 2 is 2.06 bits per heavy atom. The van der Waals surface area contributed by atoms with E-state index in [0.717, 1.165) is 5.56 Å². The van der Waals surface area contributed by atoms with E-state index in [-0.39, 0.29) is 4.83 Å². The van der Waals surface area contributed by atoms with E-state index in [0.29, 0.717) is 17.4 Å². The first-order chi connectivity index (χ1) is 8.00. The molecular weight excluding hydrogens is 302 g/mol. The number of hydrogen-bond acceptors (Lipinski definition) is 2. The first-order valence-electron chi connectivity index (χ1n) is 5.70. The molecule has 1 aromatic carbocycles. The summed E-state index contributed by atoms with van der Waals surface area (Å²) < 4.78 is 26.8. The van der Waals surface area contributed by atoms with Crippen molar-refractivity contribution < 1.29 is 8.42 Å². The van der Waals surface area contributed by atoms with Gasteiger partial charge in [0.2, 0.25) is 10.0 Å². The molecule has 1 unspecified atom stereocenters. The lowest BCUT2D eigenvalue weighted by atomic mass is 10.2. The van der Waals surface area contributed by atoms with E-state index >= 15 is 0 Å². The predicted molar refractivity (Wildman–Crippen MR) is 71.8 cm³/mol. The fourth-order valence-corrected chi connectivity index (χ4v) is 3.96. The SMILES string of the molecule is Cc1ccccc1S(=O)(=O)NCC(Br)C1CC1. The molecule has 94 valence electrons. The van der Waals surface area contributed by atoms with Crippen molar-refractivity contribution in [3.63, 3.8) is 0 Å². The van der Waals surface area contributed by atoms with Crippen molar-refractivity contribution in [2.24, 2.45) is 5.92 Å². The van der Waals surface area contributed by atoms with Gasteiger partial charge in [0.15, 0.2) is 0 Å². The summed E-state index contributed by atoms with van der Waals surface area (Å²) in [6.45, 7) is 2.27. The molecule has 0 aromatic heterocycles. The van der Waals surface area contributed by atoms with Gasteiger partial charge in [0, 0.05) is 11.4 Å². The number of benzene rings is 1. The monoisotopic (exact) mass is 317 g/mol. The maximum Gasteiger partial charge on any atom is 0.240 e. The van der Waals surface area contributed by atoms with Crippen LogP contribution in [0.1, 0.15) is 18.4 Å². The van der Waals surface area contributed by atoms with Crippen molar-refractivity contribution in [2.45, 2.75) is 29.5 Å². The summed E-state index contributed by atoms with van der Waals surface area (Å²) in [6, 6.07) is 7.03. The molecule has 3 nitrogen and oxygen atoms in total. The van der Waals surface area contributed by atoms with Crippen LogP contribution in [0.15, 0.2) is 29.2 Å². The Kier molecular flexibility index (Phi) is 3.90. The molecule has 1 aliphatic carbocycles. The number of rotatable bonds is 5. The zero-order valence-corrected chi connectivity index (χ0v) is 12.1. The normalized spacial score (nSPS) is 18.0. The lowest BCUT2D eigenvalue weighted by Gasteiger charge is -2.12. The molecule has 0 radical (unpaired) electrons. The van der Waals surface area contributed by atoms with Gasteiger partial charge in [-0.1, -0.05) is 34.1 Å². The maximum absolute atomic E-state index is 12.1. The molecular formula is C12H16BrNO2S. The largest absolute Gasteiger partial charge is 0.240 e. The molecule has 1 fully saturated rings. The second-order valence-electron chi connectivity index (χ2n) is 4.47. The van der Waals surface area contributed by atoms with Gasteiger partial charge in [-0.2, -0.15) is 0 Å². The highest BCUT2D eigenvalue weighted by molar-refractivity contribution is 9.09. The second-order valence-corrected chi connectivity index (χ2v) is 7.38. The molecule has 0 saturated heterocycles. The smallest absolute Gasteiger partial charge is 0.210 e. The minimum Gasteiger partial charge on any atom is -0.210 e. The highest BCUT2D eigenvalue weighted by Crippen LogP contribution is 2.36. The molecule has 17 heavy (non-hydrogen) atoms. The quantitative estimate of drug-likeness (QED) is 0.848. The summed E-state index contributed by atoms with van der Waals surface area (Å²) in [5.41, 5.74) is 0.776. The zero-order valence-electron chi connectivity index (χ0n) is 9.69. The molecule has 1 aromatic rings. The van der Waals surface area contributed by atoms with Gasteiger partial charge < -0.3 is 0 Å². The Hall–Kier alpha value is -0.390. The number of alkyl halides is 1. The zero-order chi connectivity index (χ0) is 12.5. The topological polar surface area (TPSA) is 46.2 Å². The number of sulfonamides is 1. The average Bonchev–Trinajstić information content (AvgIpc) is 3.10. The van der Waals surface area contributed by atoms with Gasteiger partial charge in [-0.3, -0.25) is 0 Å². The summed E-state index contributed by atoms with van der Waals surface area (Å²) in [6.07, 6.45) is 2.39. The first-order valence-corrected chi connectivity index (χ1v) is 8.10. The molecule has 1 N–H and O–H groups in total. The van der Waals surface area contributed by atoms with Crippen LogP contribution in [0.25, 0.3) is 0 Å². The molecule has 0 spiro atoms. The Morgan fingerprint density at radius 1 is 1.41 bits per heavy atom. The summed E-state index contributed by atoms with van der Waals surface area (Å²) in [5, 5.41) is 0. The maximum atomic E-state index is 12.1. The Morgan fingerprint density at radius 3 is 2.65 bits per heavy atom. The van der Waals surface area contributed by atoms with Crippen LogP contribution in [0.2, 0.25) is 0 Å². The summed E-state index contributed by atoms with van der Waals surface area (Å²) >= 11 is 3.52. The second kappa shape index (κ2) is 5.08. The van der Waals surface area contributed by atoms with E-state index in [4.69, 9.17) is 0 Å². The lowest BCUT2D eigenvalue weighted by Crippen LogP contribution is -2.30. The van der Waals surface area contributed by atoms with E-state index in [1.807, 2.05) is 6.07 Å². The fourth-order valence-electron chi connectivity index (χ4n) is 1.75. The molecule has 0 aliphatic heterocycles. The summed E-state index contributed by atoms with van der Waals surface area (Å²) in [4.78, 5) is 0.622. The molecule has 1 aliphatic rings. The Balaban J connectivity index is 2.05. The molecule has 0 amide bonds. The third-order valence-corrected chi connectivity index (χ3v) is 5.64. The molecule has 1 atom stereocenters. The van der Waals surface area contributed by atoms with Gasteiger partial charge in [0.1, 0.15) is 0 Å².